The van der Waals surface area contributed by atoms with Crippen LogP contribution in [-0.4, -0.2) is 34.3 Å². The summed E-state index contributed by atoms with van der Waals surface area (Å²) in [6, 6.07) is 14.4. The highest BCUT2D eigenvalue weighted by atomic mass is 16.5. The number of benzene rings is 2. The maximum Gasteiger partial charge on any atom is 0.343 e. The normalized spacial score (nSPS) is 12.9. The van der Waals surface area contributed by atoms with Gasteiger partial charge >= 0.3 is 5.97 Å². The van der Waals surface area contributed by atoms with Crippen LogP contribution < -0.4 is 16.2 Å². The Morgan fingerprint density at radius 1 is 1.09 bits per heavy atom. The van der Waals surface area contributed by atoms with Gasteiger partial charge in [0.05, 0.1) is 28.9 Å². The molecule has 3 N–H and O–H groups in total. The highest BCUT2D eigenvalue weighted by molar-refractivity contribution is 6.24. The van der Waals surface area contributed by atoms with E-state index < -0.39 is 5.97 Å². The van der Waals surface area contributed by atoms with Crippen molar-refractivity contribution < 1.29 is 14.3 Å². The number of esters is 1. The van der Waals surface area contributed by atoms with E-state index in [9.17, 15) is 14.4 Å². The Kier molecular flexibility index (Phi) is 6.82. The molecule has 0 aliphatic carbocycles. The third-order valence-electron chi connectivity index (χ3n) is 5.29. The number of hydrogen-bond acceptors (Lipinski definition) is 7. The highest BCUT2D eigenvalue weighted by Crippen LogP contribution is 2.30. The van der Waals surface area contributed by atoms with Crippen LogP contribution in [0.1, 0.15) is 32.5 Å². The maximum absolute atomic E-state index is 12.8. The van der Waals surface area contributed by atoms with Gasteiger partial charge in [0.15, 0.2) is 0 Å². The molecule has 0 saturated heterocycles. The van der Waals surface area contributed by atoms with Crippen LogP contribution in [0, 0.1) is 0 Å². The zero-order valence-electron chi connectivity index (χ0n) is 19.0. The van der Waals surface area contributed by atoms with E-state index in [-0.39, 0.29) is 35.9 Å². The van der Waals surface area contributed by atoms with Crippen molar-refractivity contribution in [1.29, 1.82) is 0 Å². The van der Waals surface area contributed by atoms with Gasteiger partial charge in [-0.3, -0.25) is 9.59 Å². The Bertz CT molecular complexity index is 1370. The van der Waals surface area contributed by atoms with E-state index in [2.05, 4.69) is 25.6 Å². The predicted molar refractivity (Wildman–Crippen MR) is 130 cm³/mol. The first-order valence-corrected chi connectivity index (χ1v) is 11.1. The van der Waals surface area contributed by atoms with Gasteiger partial charge in [0.25, 0.3) is 5.56 Å². The number of ether oxygens (including phenoxy) is 1. The van der Waals surface area contributed by atoms with E-state index in [0.29, 0.717) is 41.0 Å². The third-order valence-corrected chi connectivity index (χ3v) is 5.29. The lowest BCUT2D eigenvalue weighted by atomic mass is 10.1. The van der Waals surface area contributed by atoms with Crippen LogP contribution in [0.25, 0.3) is 10.9 Å². The minimum atomic E-state index is -0.572. The number of amides is 1. The molecule has 4 rings (SSSR count). The number of rotatable bonds is 6. The number of hydrogen-bond donors (Lipinski definition) is 3. The van der Waals surface area contributed by atoms with Gasteiger partial charge < -0.3 is 20.4 Å². The molecule has 2 heterocycles. The molecule has 9 heteroatoms. The Balaban J connectivity index is 1.49. The molecule has 1 aliphatic heterocycles. The Hall–Kier alpha value is -4.27. The molecule has 3 aromatic rings. The summed E-state index contributed by atoms with van der Waals surface area (Å²) in [5.41, 5.74) is 2.42. The number of para-hydroxylation sites is 3. The minimum Gasteiger partial charge on any atom is -0.462 e. The van der Waals surface area contributed by atoms with Gasteiger partial charge in [0.1, 0.15) is 17.2 Å². The number of aromatic amines is 1. The lowest BCUT2D eigenvalue weighted by Crippen LogP contribution is -2.35. The van der Waals surface area contributed by atoms with E-state index in [1.54, 1.807) is 38.1 Å². The fourth-order valence-corrected chi connectivity index (χ4v) is 3.70. The summed E-state index contributed by atoms with van der Waals surface area (Å²) >= 11 is 0. The van der Waals surface area contributed by atoms with Crippen LogP contribution in [-0.2, 0) is 20.7 Å². The summed E-state index contributed by atoms with van der Waals surface area (Å²) < 4.78 is 5.19. The van der Waals surface area contributed by atoms with E-state index >= 15 is 0 Å². The first kappa shape index (κ1) is 22.9. The molecule has 9 nitrogen and oxygen atoms in total. The fraction of sp³-hybridized carbons (Fsp3) is 0.240. The van der Waals surface area contributed by atoms with Crippen molar-refractivity contribution in [3.63, 3.8) is 0 Å². The summed E-state index contributed by atoms with van der Waals surface area (Å²) in [5.74, 6) is -0.229. The van der Waals surface area contributed by atoms with Crippen LogP contribution in [0.2, 0.25) is 0 Å². The van der Waals surface area contributed by atoms with E-state index in [1.807, 2.05) is 24.3 Å². The lowest BCUT2D eigenvalue weighted by molar-refractivity contribution is -0.137. The first-order valence-electron chi connectivity index (χ1n) is 11.1. The number of aliphatic imine (C=N–C) groups is 1. The van der Waals surface area contributed by atoms with Crippen molar-refractivity contribution in [2.75, 3.05) is 11.9 Å². The average Bonchev–Trinajstić information content (AvgIpc) is 2.94. The number of amidine groups is 1. The number of aryl methyl sites for hydroxylation is 1. The molecule has 174 valence electrons. The second-order valence-corrected chi connectivity index (χ2v) is 7.75. The Morgan fingerprint density at radius 2 is 1.85 bits per heavy atom. The van der Waals surface area contributed by atoms with Gasteiger partial charge in [-0.15, -0.1) is 0 Å². The van der Waals surface area contributed by atoms with Crippen molar-refractivity contribution in [2.45, 2.75) is 33.1 Å². The van der Waals surface area contributed by atoms with Crippen molar-refractivity contribution in [3.8, 4) is 0 Å². The summed E-state index contributed by atoms with van der Waals surface area (Å²) in [5, 5.41) is 6.46. The molecule has 0 unspecified atom stereocenters. The van der Waals surface area contributed by atoms with Gasteiger partial charge in [0.2, 0.25) is 5.91 Å². The van der Waals surface area contributed by atoms with Crippen molar-refractivity contribution in [1.82, 2.24) is 15.3 Å². The summed E-state index contributed by atoms with van der Waals surface area (Å²) in [4.78, 5) is 49.4. The van der Waals surface area contributed by atoms with Gasteiger partial charge in [-0.2, -0.15) is 0 Å². The standard InChI is InChI=1S/C25H25N5O4/c1-3-34-25(33)22-15(2)26-18-11-6-7-12-19(18)28-23(22)30-21(31)14-8-13-20-27-17-10-5-4-9-16(17)24(32)29-20/h4-7,9-12,26H,3,8,13-14H2,1-2H3,(H,27,29,32)(H,28,30,31). The molecule has 0 saturated carbocycles. The van der Waals surface area contributed by atoms with E-state index in [1.165, 1.54) is 0 Å². The van der Waals surface area contributed by atoms with Crippen molar-refractivity contribution in [2.24, 2.45) is 4.99 Å². The number of nitrogens with one attached hydrogen (secondary N) is 3. The Morgan fingerprint density at radius 3 is 2.68 bits per heavy atom. The molecular weight excluding hydrogens is 434 g/mol. The van der Waals surface area contributed by atoms with Crippen molar-refractivity contribution >= 4 is 40.0 Å². The molecule has 1 amide bonds. The van der Waals surface area contributed by atoms with Crippen LogP contribution >= 0.6 is 0 Å². The number of carbonyl (C=O) groups excluding carboxylic acids is 2. The number of H-pyrrole nitrogens is 1. The zero-order valence-corrected chi connectivity index (χ0v) is 19.0. The number of anilines is 1. The van der Waals surface area contributed by atoms with Gasteiger partial charge in [-0.05, 0) is 44.5 Å². The molecule has 0 fully saturated rings. The first-order chi connectivity index (χ1) is 16.5. The SMILES string of the molecule is CCOC(=O)C1=C(C)Nc2ccccc2N=C1NC(=O)CCCc1nc2ccccc2c(=O)[nH]1. The number of allylic oxidation sites excluding steroid dienone is 1. The summed E-state index contributed by atoms with van der Waals surface area (Å²) in [6.45, 7) is 3.64. The Labute approximate surface area is 196 Å². The van der Waals surface area contributed by atoms with Gasteiger partial charge in [-0.1, -0.05) is 24.3 Å². The number of carbonyl (C=O) groups is 2. The third kappa shape index (κ3) is 5.03. The van der Waals surface area contributed by atoms with Crippen LogP contribution in [0.4, 0.5) is 11.4 Å². The van der Waals surface area contributed by atoms with Crippen LogP contribution in [0.5, 0.6) is 0 Å². The van der Waals surface area contributed by atoms with Gasteiger partial charge in [0, 0.05) is 18.5 Å². The van der Waals surface area contributed by atoms with Gasteiger partial charge in [-0.25, -0.2) is 14.8 Å². The summed E-state index contributed by atoms with van der Waals surface area (Å²) in [6.07, 6.45) is 1.02. The highest BCUT2D eigenvalue weighted by Gasteiger charge is 2.25. The lowest BCUT2D eigenvalue weighted by Gasteiger charge is -2.13. The summed E-state index contributed by atoms with van der Waals surface area (Å²) in [7, 11) is 0. The second-order valence-electron chi connectivity index (χ2n) is 7.75. The molecule has 1 aliphatic rings. The number of nitrogens with zero attached hydrogens (tertiary/aromatic N) is 2. The average molecular weight is 460 g/mol. The topological polar surface area (TPSA) is 126 Å². The largest absolute Gasteiger partial charge is 0.462 e. The van der Waals surface area contributed by atoms with Crippen LogP contribution in [0.3, 0.4) is 0 Å². The molecule has 0 atom stereocenters. The minimum absolute atomic E-state index is 0.135. The fourth-order valence-electron chi connectivity index (χ4n) is 3.70. The van der Waals surface area contributed by atoms with E-state index in [4.69, 9.17) is 4.74 Å². The smallest absolute Gasteiger partial charge is 0.343 e. The maximum atomic E-state index is 12.8. The van der Waals surface area contributed by atoms with Crippen molar-refractivity contribution in [3.05, 3.63) is 76.0 Å². The molecule has 1 aromatic heterocycles. The number of aromatic nitrogens is 2. The predicted octanol–water partition coefficient (Wildman–Crippen LogP) is 3.35. The van der Waals surface area contributed by atoms with Crippen LogP contribution in [0.15, 0.2) is 69.6 Å². The molecule has 0 radical (unpaired) electrons. The zero-order chi connectivity index (χ0) is 24.1. The number of fused-ring (bicyclic) bond motifs is 2. The monoisotopic (exact) mass is 459 g/mol. The van der Waals surface area contributed by atoms with E-state index in [0.717, 1.165) is 5.69 Å². The molecule has 0 spiro atoms. The molecule has 34 heavy (non-hydrogen) atoms. The molecular formula is C25H25N5O4. The quantitative estimate of drug-likeness (QED) is 0.486. The second kappa shape index (κ2) is 10.1. The molecule has 0 bridgehead atoms. The molecule has 2 aromatic carbocycles.